The zero-order chi connectivity index (χ0) is 25.8. The summed E-state index contributed by atoms with van der Waals surface area (Å²) < 4.78 is 11.9. The standard InChI is InChI=1S/C10H15N3O5.C9H15N3O5/c1-17-12-8-2-3-13(10(16)11-8)9-4-6(15)7(5-14)18-9;10-9(16)1-2-12(8(15)11-9)7-3-5(14)6(4-13)17-7/h2-3,6-7,9,14-15H,4-5H2,1H3,(H,11,12,16);1-2,5-7,13-14,16H,3-4,10H2,(H,11,15)/t6-,7+,9+;5-,6+,7+,9?/m00/s1. The fourth-order valence-corrected chi connectivity index (χ4v) is 3.66. The van der Waals surface area contributed by atoms with Crippen LogP contribution >= 0.6 is 0 Å². The molecular weight excluding hydrogens is 472 g/mol. The molecule has 3 aliphatic heterocycles. The lowest BCUT2D eigenvalue weighted by Gasteiger charge is -2.33. The number of ether oxygens (including phenoxy) is 2. The van der Waals surface area contributed by atoms with Crippen molar-refractivity contribution in [2.24, 2.45) is 5.73 Å². The Kier molecular flexibility index (Phi) is 8.75. The first-order valence-corrected chi connectivity index (χ1v) is 10.7. The van der Waals surface area contributed by atoms with E-state index in [9.17, 15) is 24.9 Å². The molecule has 0 spiro atoms. The summed E-state index contributed by atoms with van der Waals surface area (Å²) in [5.41, 5.74) is 7.21. The lowest BCUT2D eigenvalue weighted by molar-refractivity contribution is -0.0585. The highest BCUT2D eigenvalue weighted by atomic mass is 16.6. The van der Waals surface area contributed by atoms with Gasteiger partial charge in [0.2, 0.25) is 5.85 Å². The summed E-state index contributed by atoms with van der Waals surface area (Å²) in [6.07, 6.45) is 0.103. The van der Waals surface area contributed by atoms with E-state index in [-0.39, 0.29) is 31.9 Å². The van der Waals surface area contributed by atoms with Gasteiger partial charge in [-0.05, 0) is 12.1 Å². The third-order valence-electron chi connectivity index (χ3n) is 5.46. The number of aliphatic hydroxyl groups is 5. The zero-order valence-electron chi connectivity index (χ0n) is 18.8. The predicted molar refractivity (Wildman–Crippen MR) is 116 cm³/mol. The third kappa shape index (κ3) is 6.51. The second-order valence-electron chi connectivity index (χ2n) is 8.02. The molecule has 4 rings (SSSR count). The Bertz CT molecular complexity index is 958. The predicted octanol–water partition coefficient (Wildman–Crippen LogP) is -3.54. The molecule has 0 aromatic carbocycles. The molecule has 16 heteroatoms. The van der Waals surface area contributed by atoms with E-state index >= 15 is 0 Å². The number of aromatic nitrogens is 2. The molecule has 3 aliphatic rings. The topological polar surface area (TPSA) is 234 Å². The number of nitrogens with one attached hydrogen (secondary N) is 2. The molecule has 1 aromatic heterocycles. The normalized spacial score (nSPS) is 34.4. The fourth-order valence-electron chi connectivity index (χ4n) is 3.66. The van der Waals surface area contributed by atoms with Crippen LogP contribution in [0.3, 0.4) is 0 Å². The molecule has 2 fully saturated rings. The highest BCUT2D eigenvalue weighted by Gasteiger charge is 2.40. The van der Waals surface area contributed by atoms with Gasteiger partial charge in [0.15, 0.2) is 5.82 Å². The lowest BCUT2D eigenvalue weighted by atomic mass is 10.2. The summed E-state index contributed by atoms with van der Waals surface area (Å²) in [4.78, 5) is 32.9. The quantitative estimate of drug-likeness (QED) is 0.139. The van der Waals surface area contributed by atoms with Crippen LogP contribution in [-0.4, -0.2) is 103 Å². The van der Waals surface area contributed by atoms with Crippen LogP contribution in [0, 0.1) is 0 Å². The van der Waals surface area contributed by atoms with Crippen molar-refractivity contribution in [2.45, 2.75) is 55.6 Å². The smallest absolute Gasteiger partial charge is 0.351 e. The first-order valence-electron chi connectivity index (χ1n) is 10.7. The Balaban J connectivity index is 0.000000196. The monoisotopic (exact) mass is 502 g/mol. The van der Waals surface area contributed by atoms with Gasteiger partial charge in [0.25, 0.3) is 0 Å². The van der Waals surface area contributed by atoms with Gasteiger partial charge in [0, 0.05) is 25.2 Å². The van der Waals surface area contributed by atoms with Gasteiger partial charge in [-0.15, -0.1) is 0 Å². The Morgan fingerprint density at radius 3 is 2.31 bits per heavy atom. The maximum atomic E-state index is 11.7. The third-order valence-corrected chi connectivity index (χ3v) is 5.46. The first-order chi connectivity index (χ1) is 16.6. The average molecular weight is 502 g/mol. The molecule has 7 atom stereocenters. The SMILES string of the molecule is CONc1ccn([C@H]2C[C@H](O)[C@@H](CO)O2)c(=O)n1.NC1(O)C=CN([C@H]2C[C@H](O)[C@@H](CO)O2)C(=O)N1. The van der Waals surface area contributed by atoms with Crippen molar-refractivity contribution >= 4 is 11.8 Å². The van der Waals surface area contributed by atoms with E-state index in [1.807, 2.05) is 0 Å². The number of amides is 2. The summed E-state index contributed by atoms with van der Waals surface area (Å²) in [5, 5.41) is 48.5. The molecule has 196 valence electrons. The van der Waals surface area contributed by atoms with Gasteiger partial charge in [-0.3, -0.25) is 25.4 Å². The number of aliphatic hydroxyl groups excluding tert-OH is 4. The number of carbonyl (C=O) groups excluding carboxylic acids is 1. The van der Waals surface area contributed by atoms with Gasteiger partial charge in [-0.25, -0.2) is 15.1 Å². The summed E-state index contributed by atoms with van der Waals surface area (Å²) in [6, 6.07) is 0.917. The van der Waals surface area contributed by atoms with E-state index in [2.05, 4.69) is 20.6 Å². The van der Waals surface area contributed by atoms with Crippen LogP contribution in [0.25, 0.3) is 0 Å². The van der Waals surface area contributed by atoms with Gasteiger partial charge in [0.1, 0.15) is 24.7 Å². The molecule has 9 N–H and O–H groups in total. The van der Waals surface area contributed by atoms with Gasteiger partial charge >= 0.3 is 11.7 Å². The Labute approximate surface area is 199 Å². The van der Waals surface area contributed by atoms with E-state index in [4.69, 9.17) is 25.4 Å². The molecule has 4 heterocycles. The van der Waals surface area contributed by atoms with Crippen molar-refractivity contribution in [3.05, 3.63) is 35.0 Å². The minimum Gasteiger partial charge on any atom is -0.394 e. The fraction of sp³-hybridized carbons (Fsp3) is 0.632. The van der Waals surface area contributed by atoms with Crippen molar-refractivity contribution in [2.75, 3.05) is 25.8 Å². The van der Waals surface area contributed by atoms with E-state index in [0.717, 1.165) is 0 Å². The maximum absolute atomic E-state index is 11.7. The van der Waals surface area contributed by atoms with Crippen molar-refractivity contribution < 1.29 is 44.6 Å². The summed E-state index contributed by atoms with van der Waals surface area (Å²) in [5.74, 6) is -1.59. The second kappa shape index (κ2) is 11.4. The van der Waals surface area contributed by atoms with Crippen molar-refractivity contribution in [3.8, 4) is 0 Å². The molecule has 2 saturated heterocycles. The highest BCUT2D eigenvalue weighted by Crippen LogP contribution is 2.27. The number of nitrogens with zero attached hydrogens (tertiary/aromatic N) is 3. The molecule has 0 radical (unpaired) electrons. The number of urea groups is 1. The number of carbonyl (C=O) groups is 1. The summed E-state index contributed by atoms with van der Waals surface area (Å²) in [7, 11) is 1.41. The summed E-state index contributed by atoms with van der Waals surface area (Å²) >= 11 is 0. The van der Waals surface area contributed by atoms with E-state index < -0.39 is 54.4 Å². The lowest BCUT2D eigenvalue weighted by Crippen LogP contribution is -2.61. The van der Waals surface area contributed by atoms with Crippen LogP contribution in [0.4, 0.5) is 10.6 Å². The number of hydrogen-bond donors (Lipinski definition) is 8. The number of hydrogen-bond acceptors (Lipinski definition) is 13. The van der Waals surface area contributed by atoms with Crippen molar-refractivity contribution in [3.63, 3.8) is 0 Å². The van der Waals surface area contributed by atoms with Crippen molar-refractivity contribution in [1.82, 2.24) is 19.8 Å². The van der Waals surface area contributed by atoms with Gasteiger partial charge in [0.05, 0.1) is 32.5 Å². The van der Waals surface area contributed by atoms with Gasteiger partial charge in [-0.1, -0.05) is 0 Å². The number of rotatable bonds is 6. The van der Waals surface area contributed by atoms with Crippen LogP contribution < -0.4 is 22.2 Å². The number of anilines is 1. The van der Waals surface area contributed by atoms with Crippen LogP contribution in [-0.2, 0) is 14.3 Å². The largest absolute Gasteiger partial charge is 0.394 e. The Morgan fingerprint density at radius 1 is 1.20 bits per heavy atom. The Morgan fingerprint density at radius 2 is 1.80 bits per heavy atom. The molecule has 0 aliphatic carbocycles. The zero-order valence-corrected chi connectivity index (χ0v) is 18.8. The minimum atomic E-state index is -1.87. The van der Waals surface area contributed by atoms with Crippen LogP contribution in [0.15, 0.2) is 29.3 Å². The molecule has 35 heavy (non-hydrogen) atoms. The van der Waals surface area contributed by atoms with Crippen LogP contribution in [0.2, 0.25) is 0 Å². The second-order valence-corrected chi connectivity index (χ2v) is 8.02. The maximum Gasteiger partial charge on any atom is 0.351 e. The highest BCUT2D eigenvalue weighted by molar-refractivity contribution is 5.77. The summed E-state index contributed by atoms with van der Waals surface area (Å²) in [6.45, 7) is -0.610. The minimum absolute atomic E-state index is 0.186. The molecule has 1 unspecified atom stereocenters. The molecule has 0 bridgehead atoms. The van der Waals surface area contributed by atoms with E-state index in [1.54, 1.807) is 6.07 Å². The van der Waals surface area contributed by atoms with E-state index in [0.29, 0.717) is 0 Å². The molecule has 1 aromatic rings. The van der Waals surface area contributed by atoms with Crippen LogP contribution in [0.5, 0.6) is 0 Å². The molecular formula is C19H30N6O10. The van der Waals surface area contributed by atoms with Gasteiger partial charge in [-0.2, -0.15) is 4.98 Å². The Hall–Kier alpha value is -2.67. The molecule has 2 amide bonds. The first kappa shape index (κ1) is 26.9. The van der Waals surface area contributed by atoms with Crippen molar-refractivity contribution in [1.29, 1.82) is 0 Å². The molecule has 16 nitrogen and oxygen atoms in total. The average Bonchev–Trinajstić information content (AvgIpc) is 3.35. The number of nitrogens with two attached hydrogens (primary N) is 1. The van der Waals surface area contributed by atoms with E-state index in [1.165, 1.54) is 35.0 Å². The van der Waals surface area contributed by atoms with Crippen LogP contribution in [0.1, 0.15) is 19.1 Å². The molecule has 0 saturated carbocycles. The van der Waals surface area contributed by atoms with Gasteiger partial charge < -0.3 is 35.0 Å².